The molecule has 1 aliphatic carbocycles. The summed E-state index contributed by atoms with van der Waals surface area (Å²) >= 11 is 1.14. The fourth-order valence-electron chi connectivity index (χ4n) is 3.76. The van der Waals surface area contributed by atoms with Crippen LogP contribution in [-0.2, 0) is 4.79 Å². The van der Waals surface area contributed by atoms with Crippen molar-refractivity contribution in [3.05, 3.63) is 47.0 Å². The fraction of sp³-hybridized carbons (Fsp3) is 0.524. The molecule has 1 aromatic heterocycles. The van der Waals surface area contributed by atoms with Crippen molar-refractivity contribution in [2.75, 3.05) is 0 Å². The Balaban J connectivity index is 1.94. The lowest BCUT2D eigenvalue weighted by Crippen LogP contribution is -2.50. The molecule has 0 aliphatic heterocycles. The quantitative estimate of drug-likeness (QED) is 0.763. The van der Waals surface area contributed by atoms with Crippen molar-refractivity contribution in [2.45, 2.75) is 70.5 Å². The molecule has 3 rings (SSSR count). The first-order valence-corrected chi connectivity index (χ1v) is 10.9. The number of nitrogens with one attached hydrogen (secondary N) is 1. The van der Waals surface area contributed by atoms with Gasteiger partial charge in [0.15, 0.2) is 5.69 Å². The van der Waals surface area contributed by atoms with Crippen molar-refractivity contribution >= 4 is 23.3 Å². The van der Waals surface area contributed by atoms with E-state index in [1.807, 2.05) is 44.2 Å². The third-order valence-corrected chi connectivity index (χ3v) is 5.98. The maximum Gasteiger partial charge on any atom is 0.276 e. The van der Waals surface area contributed by atoms with Crippen molar-refractivity contribution < 1.29 is 9.59 Å². The Bertz CT molecular complexity index is 760. The molecule has 1 aliphatic rings. The Hall–Kier alpha value is -2.28. The average molecular weight is 401 g/mol. The number of carbonyl (C=O) groups is 2. The van der Waals surface area contributed by atoms with E-state index in [1.165, 1.54) is 6.42 Å². The predicted molar refractivity (Wildman–Crippen MR) is 110 cm³/mol. The van der Waals surface area contributed by atoms with Gasteiger partial charge in [0.25, 0.3) is 5.91 Å². The van der Waals surface area contributed by atoms with Gasteiger partial charge in [0.2, 0.25) is 5.91 Å². The summed E-state index contributed by atoms with van der Waals surface area (Å²) in [5, 5.41) is 8.80. The van der Waals surface area contributed by atoms with Crippen molar-refractivity contribution in [3.63, 3.8) is 0 Å². The first-order valence-electron chi connectivity index (χ1n) is 10.1. The van der Waals surface area contributed by atoms with Crippen molar-refractivity contribution in [2.24, 2.45) is 0 Å². The minimum absolute atomic E-state index is 0.114. The van der Waals surface area contributed by atoms with Crippen molar-refractivity contribution in [1.29, 1.82) is 0 Å². The van der Waals surface area contributed by atoms with Gasteiger partial charge in [0.1, 0.15) is 6.04 Å². The Labute approximate surface area is 170 Å². The summed E-state index contributed by atoms with van der Waals surface area (Å²) < 4.78 is 3.82. The SMILES string of the molecule is CCC(C)N(C(=O)c1csnn1)C(C(=O)NC1CCCCC1)c1ccccc1. The summed E-state index contributed by atoms with van der Waals surface area (Å²) in [6, 6.07) is 8.92. The topological polar surface area (TPSA) is 75.2 Å². The number of benzene rings is 1. The summed E-state index contributed by atoms with van der Waals surface area (Å²) in [4.78, 5) is 28.3. The maximum atomic E-state index is 13.4. The Kier molecular flexibility index (Phi) is 7.14. The summed E-state index contributed by atoms with van der Waals surface area (Å²) in [6.07, 6.45) is 6.24. The number of nitrogens with zero attached hydrogens (tertiary/aromatic N) is 3. The van der Waals surface area contributed by atoms with Gasteiger partial charge in [0.05, 0.1) is 0 Å². The van der Waals surface area contributed by atoms with Gasteiger partial charge >= 0.3 is 0 Å². The van der Waals surface area contributed by atoms with E-state index in [9.17, 15) is 9.59 Å². The first kappa shape index (κ1) is 20.5. The molecule has 0 spiro atoms. The van der Waals surface area contributed by atoms with Crippen LogP contribution in [0.2, 0.25) is 0 Å². The van der Waals surface area contributed by atoms with Gasteiger partial charge < -0.3 is 10.2 Å². The molecule has 1 heterocycles. The highest BCUT2D eigenvalue weighted by Gasteiger charge is 2.36. The van der Waals surface area contributed by atoms with Gasteiger partial charge in [-0.05, 0) is 43.3 Å². The summed E-state index contributed by atoms with van der Waals surface area (Å²) in [7, 11) is 0. The third kappa shape index (κ3) is 4.76. The second-order valence-electron chi connectivity index (χ2n) is 7.42. The minimum atomic E-state index is -0.688. The molecule has 2 aromatic rings. The van der Waals surface area contributed by atoms with Crippen molar-refractivity contribution in [1.82, 2.24) is 19.8 Å². The van der Waals surface area contributed by atoms with Crippen LogP contribution in [-0.4, -0.2) is 38.4 Å². The normalized spacial score (nSPS) is 16.9. The second-order valence-corrected chi connectivity index (χ2v) is 8.03. The molecule has 1 aromatic carbocycles. The molecular weight excluding hydrogens is 372 g/mol. The molecule has 2 amide bonds. The number of aromatic nitrogens is 2. The standard InChI is InChI=1S/C21H28N4O2S/c1-3-15(2)25(21(27)18-14-28-24-23-18)19(16-10-6-4-7-11-16)20(26)22-17-12-8-5-9-13-17/h4,6-7,10-11,14-15,17,19H,3,5,8-9,12-13H2,1-2H3,(H,22,26). The lowest BCUT2D eigenvalue weighted by Gasteiger charge is -2.36. The van der Waals surface area contributed by atoms with E-state index in [-0.39, 0.29) is 29.6 Å². The third-order valence-electron chi connectivity index (χ3n) is 5.47. The zero-order valence-electron chi connectivity index (χ0n) is 16.5. The van der Waals surface area contributed by atoms with Gasteiger partial charge in [-0.25, -0.2) is 0 Å². The summed E-state index contributed by atoms with van der Waals surface area (Å²) in [5.74, 6) is -0.370. The van der Waals surface area contributed by atoms with Crippen LogP contribution in [0.1, 0.15) is 74.5 Å². The Morgan fingerprint density at radius 1 is 1.21 bits per heavy atom. The molecule has 0 radical (unpaired) electrons. The second kappa shape index (κ2) is 9.78. The zero-order chi connectivity index (χ0) is 19.9. The van der Waals surface area contributed by atoms with Crippen LogP contribution in [0, 0.1) is 0 Å². The molecule has 1 saturated carbocycles. The number of rotatable bonds is 7. The van der Waals surface area contributed by atoms with E-state index < -0.39 is 6.04 Å². The van der Waals surface area contributed by atoms with Gasteiger partial charge in [0, 0.05) is 17.5 Å². The van der Waals surface area contributed by atoms with E-state index in [0.29, 0.717) is 0 Å². The summed E-state index contributed by atoms with van der Waals surface area (Å²) in [5.41, 5.74) is 1.10. The van der Waals surface area contributed by atoms with Crippen LogP contribution in [0.15, 0.2) is 35.7 Å². The van der Waals surface area contributed by atoms with E-state index in [4.69, 9.17) is 0 Å². The van der Waals surface area contributed by atoms with Gasteiger partial charge in [-0.2, -0.15) is 0 Å². The maximum absolute atomic E-state index is 13.4. The van der Waals surface area contributed by atoms with Crippen LogP contribution in [0.3, 0.4) is 0 Å². The molecule has 6 nitrogen and oxygen atoms in total. The number of hydrogen-bond acceptors (Lipinski definition) is 5. The molecule has 2 unspecified atom stereocenters. The van der Waals surface area contributed by atoms with Gasteiger partial charge in [-0.3, -0.25) is 9.59 Å². The Morgan fingerprint density at radius 2 is 1.93 bits per heavy atom. The van der Waals surface area contributed by atoms with Crippen molar-refractivity contribution in [3.8, 4) is 0 Å². The molecule has 28 heavy (non-hydrogen) atoms. The summed E-state index contributed by atoms with van der Waals surface area (Å²) in [6.45, 7) is 3.99. The minimum Gasteiger partial charge on any atom is -0.351 e. The zero-order valence-corrected chi connectivity index (χ0v) is 17.3. The highest BCUT2D eigenvalue weighted by molar-refractivity contribution is 7.03. The molecule has 7 heteroatoms. The van der Waals surface area contributed by atoms with Gasteiger partial charge in [-0.1, -0.05) is 61.0 Å². The largest absolute Gasteiger partial charge is 0.351 e. The molecule has 2 atom stereocenters. The van der Waals surface area contributed by atoms with E-state index in [2.05, 4.69) is 14.9 Å². The number of amides is 2. The molecule has 1 N–H and O–H groups in total. The van der Waals surface area contributed by atoms with Gasteiger partial charge in [-0.15, -0.1) is 5.10 Å². The van der Waals surface area contributed by atoms with E-state index in [0.717, 1.165) is 49.2 Å². The monoisotopic (exact) mass is 400 g/mol. The highest BCUT2D eigenvalue weighted by atomic mass is 32.1. The molecular formula is C21H28N4O2S. The Morgan fingerprint density at radius 3 is 2.54 bits per heavy atom. The first-order chi connectivity index (χ1) is 13.6. The van der Waals surface area contributed by atoms with Crippen LogP contribution in [0.5, 0.6) is 0 Å². The molecule has 1 fully saturated rings. The number of hydrogen-bond donors (Lipinski definition) is 1. The fourth-order valence-corrected chi connectivity index (χ4v) is 4.19. The lowest BCUT2D eigenvalue weighted by molar-refractivity contribution is -0.127. The van der Waals surface area contributed by atoms with Crippen LogP contribution in [0.4, 0.5) is 0 Å². The van der Waals surface area contributed by atoms with Crippen LogP contribution in [0.25, 0.3) is 0 Å². The highest BCUT2D eigenvalue weighted by Crippen LogP contribution is 2.28. The van der Waals surface area contributed by atoms with E-state index in [1.54, 1.807) is 10.3 Å². The lowest BCUT2D eigenvalue weighted by atomic mass is 9.94. The molecule has 150 valence electrons. The number of carbonyl (C=O) groups excluding carboxylic acids is 2. The van der Waals surface area contributed by atoms with E-state index >= 15 is 0 Å². The molecule has 0 saturated heterocycles. The predicted octanol–water partition coefficient (Wildman–Crippen LogP) is 3.97. The average Bonchev–Trinajstić information content (AvgIpc) is 3.27. The van der Waals surface area contributed by atoms with Crippen LogP contribution < -0.4 is 5.32 Å². The van der Waals surface area contributed by atoms with Crippen LogP contribution >= 0.6 is 11.5 Å². The molecule has 0 bridgehead atoms. The smallest absolute Gasteiger partial charge is 0.276 e.